The second kappa shape index (κ2) is 4.04. The summed E-state index contributed by atoms with van der Waals surface area (Å²) in [7, 11) is 0. The fourth-order valence-electron chi connectivity index (χ4n) is 0.796. The second-order valence-electron chi connectivity index (χ2n) is 2.12. The van der Waals surface area contributed by atoms with Crippen LogP contribution in [0.4, 0.5) is 0 Å². The maximum atomic E-state index is 4.29. The molecule has 0 atom stereocenters. The normalized spacial score (nSPS) is 8.60. The van der Waals surface area contributed by atoms with Crippen LogP contribution in [0.5, 0.6) is 0 Å². The van der Waals surface area contributed by atoms with Crippen LogP contribution in [0.3, 0.4) is 0 Å². The highest BCUT2D eigenvalue weighted by Gasteiger charge is 1.87. The van der Waals surface area contributed by atoms with E-state index in [0.29, 0.717) is 0 Å². The zero-order chi connectivity index (χ0) is 6.69. The van der Waals surface area contributed by atoms with Crippen LogP contribution in [-0.2, 0) is 6.42 Å². The molecule has 0 aliphatic heterocycles. The smallest absolute Gasteiger partial charge is 0.0404 e. The summed E-state index contributed by atoms with van der Waals surface area (Å²) in [5, 5.41) is 0. The minimum Gasteiger partial charge on any atom is -0.258 e. The Kier molecular flexibility index (Phi) is 3.70. The molecule has 0 aliphatic rings. The lowest BCUT2D eigenvalue weighted by atomic mass is 10.3. The molecule has 1 aromatic rings. The van der Waals surface area contributed by atoms with Gasteiger partial charge in [-0.2, -0.15) is 0 Å². The topological polar surface area (TPSA) is 12.9 Å². The van der Waals surface area contributed by atoms with Crippen molar-refractivity contribution in [3.05, 3.63) is 29.6 Å². The lowest BCUT2D eigenvalue weighted by Crippen LogP contribution is -1.87. The molecule has 0 saturated heterocycles. The van der Waals surface area contributed by atoms with Gasteiger partial charge in [0, 0.05) is 11.4 Å². The van der Waals surface area contributed by atoms with Gasteiger partial charge in [0.25, 0.3) is 0 Å². The van der Waals surface area contributed by atoms with Crippen LogP contribution in [0.1, 0.15) is 25.7 Å². The van der Waals surface area contributed by atoms with Crippen LogP contribution in [0, 0.1) is 6.92 Å². The van der Waals surface area contributed by atoms with Gasteiger partial charge in [-0.25, -0.2) is 0 Å². The number of hydrogen-bond donors (Lipinski definition) is 0. The molecule has 0 aromatic carbocycles. The standard InChI is InChI=1S/C8H11N.CH4/c1-3-8-6-4-5-7(2)9-8;/h4-6H,3H2,1-2H3;1H4. The van der Waals surface area contributed by atoms with E-state index in [1.54, 1.807) is 0 Å². The minimum atomic E-state index is 0. The predicted octanol–water partition coefficient (Wildman–Crippen LogP) is 2.59. The zero-order valence-electron chi connectivity index (χ0n) is 5.89. The Hall–Kier alpha value is -0.850. The number of rotatable bonds is 1. The van der Waals surface area contributed by atoms with Gasteiger partial charge in [-0.05, 0) is 25.5 Å². The van der Waals surface area contributed by atoms with Gasteiger partial charge in [0.1, 0.15) is 0 Å². The molecule has 0 unspecified atom stereocenters. The molecule has 10 heavy (non-hydrogen) atoms. The number of aryl methyl sites for hydroxylation is 2. The fraction of sp³-hybridized carbons (Fsp3) is 0.444. The van der Waals surface area contributed by atoms with Crippen molar-refractivity contribution >= 4 is 0 Å². The summed E-state index contributed by atoms with van der Waals surface area (Å²) in [5.41, 5.74) is 2.28. The molecule has 0 N–H and O–H groups in total. The molecule has 1 heterocycles. The summed E-state index contributed by atoms with van der Waals surface area (Å²) in [5.74, 6) is 0. The lowest BCUT2D eigenvalue weighted by molar-refractivity contribution is 1.01. The van der Waals surface area contributed by atoms with E-state index in [9.17, 15) is 0 Å². The Balaban J connectivity index is 0.000000810. The monoisotopic (exact) mass is 137 g/mol. The Bertz CT molecular complexity index is 194. The molecule has 1 heteroatoms. The van der Waals surface area contributed by atoms with E-state index in [1.165, 1.54) is 5.69 Å². The van der Waals surface area contributed by atoms with Crippen molar-refractivity contribution in [3.8, 4) is 0 Å². The summed E-state index contributed by atoms with van der Waals surface area (Å²) in [6.07, 6.45) is 1.03. The van der Waals surface area contributed by atoms with E-state index >= 15 is 0 Å². The summed E-state index contributed by atoms with van der Waals surface area (Å²) < 4.78 is 0. The van der Waals surface area contributed by atoms with E-state index in [0.717, 1.165) is 12.1 Å². The molecule has 1 nitrogen and oxygen atoms in total. The zero-order valence-corrected chi connectivity index (χ0v) is 5.89. The molecule has 0 saturated carbocycles. The summed E-state index contributed by atoms with van der Waals surface area (Å²) in [6.45, 7) is 4.13. The largest absolute Gasteiger partial charge is 0.258 e. The number of aromatic nitrogens is 1. The first-order valence-corrected chi connectivity index (χ1v) is 3.25. The number of pyridine rings is 1. The average Bonchev–Trinajstić information content (AvgIpc) is 1.88. The van der Waals surface area contributed by atoms with E-state index in [4.69, 9.17) is 0 Å². The van der Waals surface area contributed by atoms with Gasteiger partial charge in [-0.1, -0.05) is 20.4 Å². The third kappa shape index (κ3) is 2.18. The molecule has 0 spiro atoms. The van der Waals surface area contributed by atoms with Crippen molar-refractivity contribution in [2.75, 3.05) is 0 Å². The van der Waals surface area contributed by atoms with Crippen molar-refractivity contribution in [3.63, 3.8) is 0 Å². The van der Waals surface area contributed by atoms with Gasteiger partial charge < -0.3 is 0 Å². The molecule has 0 fully saturated rings. The van der Waals surface area contributed by atoms with Crippen LogP contribution in [0.15, 0.2) is 18.2 Å². The van der Waals surface area contributed by atoms with E-state index < -0.39 is 0 Å². The average molecular weight is 137 g/mol. The molecular formula is C9H15N. The number of hydrogen-bond acceptors (Lipinski definition) is 1. The first-order chi connectivity index (χ1) is 4.33. The molecule has 0 aliphatic carbocycles. The van der Waals surface area contributed by atoms with E-state index in [1.807, 2.05) is 25.1 Å². The van der Waals surface area contributed by atoms with Gasteiger partial charge in [-0.15, -0.1) is 0 Å². The third-order valence-electron chi connectivity index (χ3n) is 1.31. The van der Waals surface area contributed by atoms with E-state index in [2.05, 4.69) is 11.9 Å². The summed E-state index contributed by atoms with van der Waals surface area (Å²) in [4.78, 5) is 4.29. The van der Waals surface area contributed by atoms with E-state index in [-0.39, 0.29) is 7.43 Å². The molecule has 0 bridgehead atoms. The quantitative estimate of drug-likeness (QED) is 0.579. The van der Waals surface area contributed by atoms with Gasteiger partial charge in [0.2, 0.25) is 0 Å². The van der Waals surface area contributed by atoms with Crippen molar-refractivity contribution < 1.29 is 0 Å². The van der Waals surface area contributed by atoms with Crippen molar-refractivity contribution in [1.29, 1.82) is 0 Å². The molecule has 56 valence electrons. The minimum absolute atomic E-state index is 0. The van der Waals surface area contributed by atoms with Gasteiger partial charge in [0.15, 0.2) is 0 Å². The van der Waals surface area contributed by atoms with Crippen LogP contribution in [-0.4, -0.2) is 4.98 Å². The SMILES string of the molecule is C.CCc1cccc(C)n1. The highest BCUT2D eigenvalue weighted by molar-refractivity contribution is 5.09. The van der Waals surface area contributed by atoms with Crippen molar-refractivity contribution in [2.45, 2.75) is 27.7 Å². The van der Waals surface area contributed by atoms with Gasteiger partial charge in [0.05, 0.1) is 0 Å². The van der Waals surface area contributed by atoms with Crippen molar-refractivity contribution in [2.24, 2.45) is 0 Å². The predicted molar refractivity (Wildman–Crippen MR) is 45.1 cm³/mol. The van der Waals surface area contributed by atoms with Crippen LogP contribution in [0.2, 0.25) is 0 Å². The first-order valence-electron chi connectivity index (χ1n) is 3.25. The van der Waals surface area contributed by atoms with Gasteiger partial charge in [-0.3, -0.25) is 4.98 Å². The van der Waals surface area contributed by atoms with Crippen molar-refractivity contribution in [1.82, 2.24) is 4.98 Å². The molecule has 1 rings (SSSR count). The lowest BCUT2D eigenvalue weighted by Gasteiger charge is -1.94. The van der Waals surface area contributed by atoms with Crippen LogP contribution >= 0.6 is 0 Å². The maximum absolute atomic E-state index is 4.29. The Morgan fingerprint density at radius 1 is 1.40 bits per heavy atom. The molecule has 0 amide bonds. The molecule has 0 radical (unpaired) electrons. The maximum Gasteiger partial charge on any atom is 0.0404 e. The fourth-order valence-corrected chi connectivity index (χ4v) is 0.796. The Labute approximate surface area is 63.1 Å². The van der Waals surface area contributed by atoms with Crippen LogP contribution < -0.4 is 0 Å². The number of nitrogens with zero attached hydrogens (tertiary/aromatic N) is 1. The highest BCUT2D eigenvalue weighted by Crippen LogP contribution is 1.97. The first kappa shape index (κ1) is 9.15. The van der Waals surface area contributed by atoms with Crippen LogP contribution in [0.25, 0.3) is 0 Å². The highest BCUT2D eigenvalue weighted by atomic mass is 14.7. The second-order valence-corrected chi connectivity index (χ2v) is 2.12. The summed E-state index contributed by atoms with van der Waals surface area (Å²) in [6, 6.07) is 6.10. The summed E-state index contributed by atoms with van der Waals surface area (Å²) >= 11 is 0. The van der Waals surface area contributed by atoms with Gasteiger partial charge >= 0.3 is 0 Å². The third-order valence-corrected chi connectivity index (χ3v) is 1.31. The molecular weight excluding hydrogens is 122 g/mol. The Morgan fingerprint density at radius 3 is 2.50 bits per heavy atom. The Morgan fingerprint density at radius 2 is 2.10 bits per heavy atom. The molecule has 1 aromatic heterocycles.